The molecule has 0 heterocycles. The van der Waals surface area contributed by atoms with Gasteiger partial charge in [-0.25, -0.2) is 4.57 Å². The van der Waals surface area contributed by atoms with Crippen LogP contribution in [0.15, 0.2) is 0 Å². The number of halogens is 1. The third-order valence-corrected chi connectivity index (χ3v) is 3.94. The molecule has 2 unspecified atom stereocenters. The van der Waals surface area contributed by atoms with Crippen molar-refractivity contribution < 1.29 is 18.9 Å². The van der Waals surface area contributed by atoms with Gasteiger partial charge in [0, 0.05) is 5.41 Å². The van der Waals surface area contributed by atoms with Gasteiger partial charge in [-0.3, -0.25) is 4.52 Å². The minimum Gasteiger partial charge on any atom is -0.303 e. The first kappa shape index (κ1) is 17.5. The summed E-state index contributed by atoms with van der Waals surface area (Å²) in [4.78, 5) is 17.9. The van der Waals surface area contributed by atoms with E-state index in [0.717, 1.165) is 0 Å². The topological polar surface area (TPSA) is 66.8 Å². The number of alkyl halides is 1. The lowest BCUT2D eigenvalue weighted by molar-refractivity contribution is 0.0522. The smallest absolute Gasteiger partial charge is 0.303 e. The molecule has 0 aliphatic rings. The summed E-state index contributed by atoms with van der Waals surface area (Å²) in [5.74, 6) is 4.89. The van der Waals surface area contributed by atoms with E-state index in [1.54, 1.807) is 27.7 Å². The predicted molar refractivity (Wildman–Crippen MR) is 71.8 cm³/mol. The second-order valence-electron chi connectivity index (χ2n) is 5.15. The minimum atomic E-state index is -4.71. The van der Waals surface area contributed by atoms with Crippen LogP contribution in [0.25, 0.3) is 0 Å². The monoisotopic (exact) mass is 292 g/mol. The van der Waals surface area contributed by atoms with E-state index in [4.69, 9.17) is 38.8 Å². The van der Waals surface area contributed by atoms with Crippen LogP contribution in [0.1, 0.15) is 27.7 Å². The van der Waals surface area contributed by atoms with Gasteiger partial charge in [-0.1, -0.05) is 11.8 Å². The van der Waals surface area contributed by atoms with Crippen molar-refractivity contribution in [2.45, 2.75) is 39.2 Å². The van der Waals surface area contributed by atoms with Crippen molar-refractivity contribution in [1.82, 2.24) is 0 Å². The molecule has 18 heavy (non-hydrogen) atoms. The Labute approximate surface area is 113 Å². The maximum atomic E-state index is 11.0. The number of phosphoric acid groups is 1. The van der Waals surface area contributed by atoms with Gasteiger partial charge in [-0.05, 0) is 27.7 Å². The quantitative estimate of drug-likeness (QED) is 0.464. The molecule has 0 aromatic rings. The highest BCUT2D eigenvalue weighted by Gasteiger charge is 2.44. The SMILES string of the molecule is C#CC(C)(C)C(Cl)C(OP(=O)(O)O)C(C)(C)C#C. The van der Waals surface area contributed by atoms with Gasteiger partial charge in [0.05, 0.1) is 10.8 Å². The number of hydrogen-bond donors (Lipinski definition) is 2. The van der Waals surface area contributed by atoms with Crippen molar-refractivity contribution in [2.24, 2.45) is 10.8 Å². The van der Waals surface area contributed by atoms with Crippen LogP contribution in [0.2, 0.25) is 0 Å². The maximum absolute atomic E-state index is 11.0. The van der Waals surface area contributed by atoms with E-state index in [2.05, 4.69) is 11.8 Å². The number of rotatable bonds is 5. The Morgan fingerprint density at radius 1 is 1.17 bits per heavy atom. The second-order valence-corrected chi connectivity index (χ2v) is 6.81. The highest BCUT2D eigenvalue weighted by Crippen LogP contribution is 2.46. The van der Waals surface area contributed by atoms with Crippen LogP contribution in [0.5, 0.6) is 0 Å². The Balaban J connectivity index is 5.47. The van der Waals surface area contributed by atoms with Crippen LogP contribution < -0.4 is 0 Å². The molecular formula is C12H18ClO4P. The van der Waals surface area contributed by atoms with Crippen LogP contribution in [-0.2, 0) is 9.09 Å². The lowest BCUT2D eigenvalue weighted by Gasteiger charge is -2.38. The van der Waals surface area contributed by atoms with Crippen molar-refractivity contribution in [2.75, 3.05) is 0 Å². The molecule has 0 aromatic heterocycles. The Morgan fingerprint density at radius 2 is 1.56 bits per heavy atom. The van der Waals surface area contributed by atoms with Gasteiger partial charge in [0.25, 0.3) is 0 Å². The standard InChI is InChI=1S/C12H18ClO4P/c1-7-11(3,4)9(13)10(12(5,6)8-2)17-18(14,15)16/h1-2,9-10H,3-6H3,(H2,14,15,16). The summed E-state index contributed by atoms with van der Waals surface area (Å²) in [6.45, 7) is 6.56. The van der Waals surface area contributed by atoms with Crippen molar-refractivity contribution >= 4 is 19.4 Å². The molecule has 0 aliphatic heterocycles. The van der Waals surface area contributed by atoms with Crippen molar-refractivity contribution in [3.05, 3.63) is 0 Å². The molecule has 0 aromatic carbocycles. The summed E-state index contributed by atoms with van der Waals surface area (Å²) in [5, 5.41) is -0.846. The number of phosphoric ester groups is 1. The van der Waals surface area contributed by atoms with Crippen LogP contribution in [0.3, 0.4) is 0 Å². The summed E-state index contributed by atoms with van der Waals surface area (Å²) in [5.41, 5.74) is -1.79. The van der Waals surface area contributed by atoms with Gasteiger partial charge in [0.15, 0.2) is 0 Å². The van der Waals surface area contributed by atoms with Crippen LogP contribution >= 0.6 is 19.4 Å². The zero-order valence-electron chi connectivity index (χ0n) is 10.8. The normalized spacial score (nSPS) is 16.5. The molecule has 4 nitrogen and oxygen atoms in total. The molecule has 0 radical (unpaired) electrons. The van der Waals surface area contributed by atoms with Gasteiger partial charge in [0.1, 0.15) is 6.10 Å². The summed E-state index contributed by atoms with van der Waals surface area (Å²) in [6, 6.07) is 0. The van der Waals surface area contributed by atoms with Crippen LogP contribution in [-0.4, -0.2) is 21.3 Å². The first-order valence-corrected chi connectivity index (χ1v) is 7.17. The Bertz CT molecular complexity index is 424. The lowest BCUT2D eigenvalue weighted by Crippen LogP contribution is -2.44. The van der Waals surface area contributed by atoms with E-state index in [-0.39, 0.29) is 0 Å². The second kappa shape index (κ2) is 5.66. The Morgan fingerprint density at radius 3 is 1.83 bits per heavy atom. The number of hydrogen-bond acceptors (Lipinski definition) is 2. The third-order valence-electron chi connectivity index (χ3n) is 2.66. The zero-order chi connectivity index (χ0) is 14.8. The van der Waals surface area contributed by atoms with Crippen molar-refractivity contribution in [1.29, 1.82) is 0 Å². The van der Waals surface area contributed by atoms with E-state index < -0.39 is 30.1 Å². The molecule has 102 valence electrons. The Kier molecular flexibility index (Phi) is 5.51. The van der Waals surface area contributed by atoms with Gasteiger partial charge in [-0.2, -0.15) is 0 Å². The fourth-order valence-corrected chi connectivity index (χ4v) is 2.42. The predicted octanol–water partition coefficient (Wildman–Crippen LogP) is 2.39. The average molecular weight is 293 g/mol. The Hall–Kier alpha value is -0.480. The lowest BCUT2D eigenvalue weighted by atomic mass is 9.77. The largest absolute Gasteiger partial charge is 0.469 e. The first-order valence-electron chi connectivity index (χ1n) is 5.21. The van der Waals surface area contributed by atoms with E-state index in [9.17, 15) is 4.57 Å². The molecule has 0 rings (SSSR count). The molecular weight excluding hydrogens is 275 g/mol. The fourth-order valence-electron chi connectivity index (χ4n) is 1.24. The maximum Gasteiger partial charge on any atom is 0.469 e. The van der Waals surface area contributed by atoms with Gasteiger partial charge < -0.3 is 9.79 Å². The summed E-state index contributed by atoms with van der Waals surface area (Å²) >= 11 is 6.20. The van der Waals surface area contributed by atoms with Crippen molar-refractivity contribution in [3.63, 3.8) is 0 Å². The molecule has 0 spiro atoms. The van der Waals surface area contributed by atoms with E-state index in [1.807, 2.05) is 0 Å². The van der Waals surface area contributed by atoms with Gasteiger partial charge in [-0.15, -0.1) is 24.4 Å². The average Bonchev–Trinajstić information content (AvgIpc) is 2.23. The van der Waals surface area contributed by atoms with Crippen molar-refractivity contribution in [3.8, 4) is 24.7 Å². The highest BCUT2D eigenvalue weighted by molar-refractivity contribution is 7.46. The van der Waals surface area contributed by atoms with E-state index in [0.29, 0.717) is 0 Å². The first-order chi connectivity index (χ1) is 7.87. The highest BCUT2D eigenvalue weighted by atomic mass is 35.5. The minimum absolute atomic E-state index is 0.824. The molecule has 0 fully saturated rings. The van der Waals surface area contributed by atoms with E-state index in [1.165, 1.54) is 0 Å². The fraction of sp³-hybridized carbons (Fsp3) is 0.667. The molecule has 6 heteroatoms. The van der Waals surface area contributed by atoms with E-state index >= 15 is 0 Å². The summed E-state index contributed by atoms with van der Waals surface area (Å²) < 4.78 is 15.8. The molecule has 0 amide bonds. The molecule has 0 aliphatic carbocycles. The molecule has 0 bridgehead atoms. The third kappa shape index (κ3) is 4.65. The summed E-state index contributed by atoms with van der Waals surface area (Å²) in [6.07, 6.45) is 9.64. The van der Waals surface area contributed by atoms with Gasteiger partial charge in [0.2, 0.25) is 0 Å². The zero-order valence-corrected chi connectivity index (χ0v) is 12.5. The van der Waals surface area contributed by atoms with Crippen LogP contribution in [0, 0.1) is 35.5 Å². The molecule has 2 N–H and O–H groups in total. The molecule has 2 atom stereocenters. The number of terminal acetylenes is 2. The van der Waals surface area contributed by atoms with Crippen LogP contribution in [0.4, 0.5) is 0 Å². The molecule has 0 saturated carbocycles. The summed E-state index contributed by atoms with van der Waals surface area (Å²) in [7, 11) is -4.71. The molecule has 0 saturated heterocycles. The van der Waals surface area contributed by atoms with Gasteiger partial charge >= 0.3 is 7.82 Å².